The summed E-state index contributed by atoms with van der Waals surface area (Å²) in [6.07, 6.45) is 0. The molecule has 1 aromatic carbocycles. The Hall–Kier alpha value is -0.820. The van der Waals surface area contributed by atoms with Gasteiger partial charge in [0.25, 0.3) is 0 Å². The molecule has 0 aromatic heterocycles. The van der Waals surface area contributed by atoms with E-state index < -0.39 is 10.0 Å². The lowest BCUT2D eigenvalue weighted by atomic mass is 10.3. The van der Waals surface area contributed by atoms with E-state index in [0.717, 1.165) is 0 Å². The van der Waals surface area contributed by atoms with Crippen molar-refractivity contribution in [2.45, 2.75) is 17.9 Å². The average molecular weight is 291 g/mol. The smallest absolute Gasteiger partial charge is 0.245 e. The second kappa shape index (κ2) is 5.05. The van der Waals surface area contributed by atoms with E-state index in [-0.39, 0.29) is 16.6 Å². The number of benzene rings is 1. The number of nitrogens with zero attached hydrogens (tertiary/aromatic N) is 1. The van der Waals surface area contributed by atoms with Gasteiger partial charge >= 0.3 is 0 Å². The number of ether oxygens (including phenoxy) is 1. The Morgan fingerprint density at radius 1 is 1.50 bits per heavy atom. The van der Waals surface area contributed by atoms with Crippen LogP contribution in [0.5, 0.6) is 0 Å². The molecular weight excluding hydrogens is 276 g/mol. The van der Waals surface area contributed by atoms with Crippen LogP contribution in [0.25, 0.3) is 0 Å². The molecule has 100 valence electrons. The Morgan fingerprint density at radius 2 is 2.22 bits per heavy atom. The van der Waals surface area contributed by atoms with Crippen molar-refractivity contribution in [2.24, 2.45) is 0 Å². The van der Waals surface area contributed by atoms with E-state index in [1.54, 1.807) is 0 Å². The number of anilines is 1. The maximum atomic E-state index is 12.5. The van der Waals surface area contributed by atoms with Gasteiger partial charge in [-0.25, -0.2) is 8.42 Å². The molecule has 0 unspecified atom stereocenters. The number of halogens is 1. The maximum absolute atomic E-state index is 12.5. The Kier molecular flexibility index (Phi) is 3.82. The van der Waals surface area contributed by atoms with Crippen LogP contribution in [-0.2, 0) is 14.8 Å². The van der Waals surface area contributed by atoms with Gasteiger partial charge in [-0.2, -0.15) is 4.31 Å². The van der Waals surface area contributed by atoms with Gasteiger partial charge in [-0.15, -0.1) is 0 Å². The highest BCUT2D eigenvalue weighted by Crippen LogP contribution is 2.27. The summed E-state index contributed by atoms with van der Waals surface area (Å²) >= 11 is 5.77. The zero-order chi connectivity index (χ0) is 13.3. The van der Waals surface area contributed by atoms with E-state index in [1.807, 2.05) is 6.92 Å². The lowest BCUT2D eigenvalue weighted by Gasteiger charge is -2.32. The van der Waals surface area contributed by atoms with Gasteiger partial charge in [0.05, 0.1) is 18.9 Å². The maximum Gasteiger partial charge on any atom is 0.245 e. The quantitative estimate of drug-likeness (QED) is 0.834. The lowest BCUT2D eigenvalue weighted by Crippen LogP contribution is -2.47. The highest BCUT2D eigenvalue weighted by molar-refractivity contribution is 7.89. The van der Waals surface area contributed by atoms with Crippen molar-refractivity contribution in [1.29, 1.82) is 0 Å². The van der Waals surface area contributed by atoms with Crippen LogP contribution in [0, 0.1) is 0 Å². The number of hydrogen-bond donors (Lipinski definition) is 1. The molecule has 0 saturated carbocycles. The van der Waals surface area contributed by atoms with Crippen molar-refractivity contribution in [1.82, 2.24) is 4.31 Å². The van der Waals surface area contributed by atoms with Crippen LogP contribution >= 0.6 is 11.6 Å². The summed E-state index contributed by atoms with van der Waals surface area (Å²) < 4.78 is 31.6. The summed E-state index contributed by atoms with van der Waals surface area (Å²) in [6.45, 7) is 2.94. The van der Waals surface area contributed by atoms with Crippen molar-refractivity contribution in [3.05, 3.63) is 23.2 Å². The SMILES string of the molecule is C[C@@H]1COCCN1S(=O)(=O)c1ccc(Cl)cc1N. The van der Waals surface area contributed by atoms with Crippen LogP contribution < -0.4 is 5.73 Å². The number of nitrogen functional groups attached to an aromatic ring is 1. The fourth-order valence-electron chi connectivity index (χ4n) is 1.95. The van der Waals surface area contributed by atoms with Gasteiger partial charge in [-0.3, -0.25) is 0 Å². The molecule has 0 spiro atoms. The Bertz CT molecular complexity index is 547. The first kappa shape index (κ1) is 13.6. The predicted molar refractivity (Wildman–Crippen MR) is 70.0 cm³/mol. The van der Waals surface area contributed by atoms with E-state index in [1.165, 1.54) is 22.5 Å². The molecule has 0 radical (unpaired) electrons. The minimum Gasteiger partial charge on any atom is -0.398 e. The third-order valence-corrected chi connectivity index (χ3v) is 5.19. The molecule has 1 fully saturated rings. The first-order chi connectivity index (χ1) is 8.43. The van der Waals surface area contributed by atoms with Crippen LogP contribution in [0.3, 0.4) is 0 Å². The zero-order valence-electron chi connectivity index (χ0n) is 9.97. The second-order valence-corrected chi connectivity index (χ2v) is 6.52. The topological polar surface area (TPSA) is 72.6 Å². The molecule has 0 amide bonds. The summed E-state index contributed by atoms with van der Waals surface area (Å²) in [7, 11) is -3.59. The van der Waals surface area contributed by atoms with Crippen molar-refractivity contribution in [3.63, 3.8) is 0 Å². The molecule has 1 heterocycles. The predicted octanol–water partition coefficient (Wildman–Crippen LogP) is 1.33. The molecule has 1 atom stereocenters. The highest BCUT2D eigenvalue weighted by Gasteiger charge is 2.32. The van der Waals surface area contributed by atoms with Crippen LogP contribution in [0.15, 0.2) is 23.1 Å². The third-order valence-electron chi connectivity index (χ3n) is 2.87. The molecule has 5 nitrogen and oxygen atoms in total. The molecular formula is C11H15ClN2O3S. The Morgan fingerprint density at radius 3 is 2.83 bits per heavy atom. The van der Waals surface area contributed by atoms with Crippen molar-refractivity contribution >= 4 is 27.3 Å². The number of nitrogens with two attached hydrogens (primary N) is 1. The first-order valence-corrected chi connectivity index (χ1v) is 7.39. The summed E-state index contributed by atoms with van der Waals surface area (Å²) in [4.78, 5) is 0.0978. The van der Waals surface area contributed by atoms with Crippen LogP contribution in [0.1, 0.15) is 6.92 Å². The van der Waals surface area contributed by atoms with Gasteiger partial charge in [-0.1, -0.05) is 11.6 Å². The van der Waals surface area contributed by atoms with Gasteiger partial charge < -0.3 is 10.5 Å². The molecule has 2 rings (SSSR count). The van der Waals surface area contributed by atoms with Crippen molar-refractivity contribution < 1.29 is 13.2 Å². The number of rotatable bonds is 2. The second-order valence-electron chi connectivity index (χ2n) is 4.22. The Labute approximate surface area is 112 Å². The van der Waals surface area contributed by atoms with Crippen LogP contribution in [-0.4, -0.2) is 38.5 Å². The standard InChI is InChI=1S/C11H15ClN2O3S/c1-8-7-17-5-4-14(8)18(15,16)11-3-2-9(12)6-10(11)13/h2-3,6,8H,4-5,7,13H2,1H3/t8-/m1/s1. The summed E-state index contributed by atoms with van der Waals surface area (Å²) in [5, 5.41) is 0.418. The fraction of sp³-hybridized carbons (Fsp3) is 0.455. The summed E-state index contributed by atoms with van der Waals surface area (Å²) in [6, 6.07) is 4.21. The number of hydrogen-bond acceptors (Lipinski definition) is 4. The molecule has 7 heteroatoms. The van der Waals surface area contributed by atoms with E-state index in [0.29, 0.717) is 24.8 Å². The minimum absolute atomic E-state index is 0.0978. The normalized spacial score (nSPS) is 22.0. The zero-order valence-corrected chi connectivity index (χ0v) is 11.5. The molecule has 1 aliphatic rings. The molecule has 1 aromatic rings. The molecule has 2 N–H and O–H groups in total. The summed E-state index contributed by atoms with van der Waals surface area (Å²) in [5.74, 6) is 0. The summed E-state index contributed by atoms with van der Waals surface area (Å²) in [5.41, 5.74) is 5.91. The molecule has 0 bridgehead atoms. The van der Waals surface area contributed by atoms with Crippen molar-refractivity contribution in [3.8, 4) is 0 Å². The fourth-order valence-corrected chi connectivity index (χ4v) is 3.83. The number of sulfonamides is 1. The first-order valence-electron chi connectivity index (χ1n) is 5.57. The third kappa shape index (κ3) is 2.47. The van der Waals surface area contributed by atoms with E-state index in [4.69, 9.17) is 22.1 Å². The molecule has 18 heavy (non-hydrogen) atoms. The van der Waals surface area contributed by atoms with Gasteiger partial charge in [0.2, 0.25) is 10.0 Å². The Balaban J connectivity index is 2.41. The minimum atomic E-state index is -3.59. The van der Waals surface area contributed by atoms with E-state index in [9.17, 15) is 8.42 Å². The number of morpholine rings is 1. The monoisotopic (exact) mass is 290 g/mol. The van der Waals surface area contributed by atoms with Crippen LogP contribution in [0.4, 0.5) is 5.69 Å². The van der Waals surface area contributed by atoms with Crippen LogP contribution in [0.2, 0.25) is 5.02 Å². The lowest BCUT2D eigenvalue weighted by molar-refractivity contribution is 0.0393. The molecule has 1 aliphatic heterocycles. The average Bonchev–Trinajstić information content (AvgIpc) is 2.28. The van der Waals surface area contributed by atoms with Gasteiger partial charge in [0.15, 0.2) is 0 Å². The van der Waals surface area contributed by atoms with Gasteiger partial charge in [-0.05, 0) is 25.1 Å². The van der Waals surface area contributed by atoms with Gasteiger partial charge in [0.1, 0.15) is 4.90 Å². The van der Waals surface area contributed by atoms with E-state index >= 15 is 0 Å². The molecule has 1 saturated heterocycles. The van der Waals surface area contributed by atoms with Gasteiger partial charge in [0, 0.05) is 17.6 Å². The highest BCUT2D eigenvalue weighted by atomic mass is 35.5. The largest absolute Gasteiger partial charge is 0.398 e. The molecule has 0 aliphatic carbocycles. The van der Waals surface area contributed by atoms with E-state index in [2.05, 4.69) is 0 Å². The van der Waals surface area contributed by atoms with Crippen molar-refractivity contribution in [2.75, 3.05) is 25.5 Å².